The molecule has 1 aliphatic rings. The molecule has 0 radical (unpaired) electrons. The maximum absolute atomic E-state index is 11.5. The van der Waals surface area contributed by atoms with Crippen molar-refractivity contribution in [2.75, 3.05) is 19.7 Å². The minimum atomic E-state index is -0.172. The van der Waals surface area contributed by atoms with Crippen LogP contribution in [0.3, 0.4) is 0 Å². The van der Waals surface area contributed by atoms with E-state index in [1.807, 2.05) is 18.2 Å². The molecule has 0 spiro atoms. The van der Waals surface area contributed by atoms with Crippen LogP contribution in [0.1, 0.15) is 44.2 Å². The van der Waals surface area contributed by atoms with Crippen molar-refractivity contribution in [2.24, 2.45) is 11.7 Å². The average molecular weight is 304 g/mol. The number of nitrogens with two attached hydrogens (primary N) is 1. The summed E-state index contributed by atoms with van der Waals surface area (Å²) < 4.78 is 0. The minimum absolute atomic E-state index is 0.0974. The molecular weight excluding hydrogens is 276 g/mol. The van der Waals surface area contributed by atoms with E-state index < -0.39 is 0 Å². The predicted molar refractivity (Wildman–Crippen MR) is 88.5 cm³/mol. The van der Waals surface area contributed by atoms with Gasteiger partial charge >= 0.3 is 0 Å². The molecule has 122 valence electrons. The Morgan fingerprint density at radius 1 is 1.32 bits per heavy atom. The Morgan fingerprint density at radius 2 is 1.95 bits per heavy atom. The lowest BCUT2D eigenvalue weighted by Crippen LogP contribution is -2.45. The molecule has 4 nitrogen and oxygen atoms in total. The number of piperidine rings is 1. The molecule has 1 aromatic carbocycles. The van der Waals surface area contributed by atoms with Gasteiger partial charge in [-0.3, -0.25) is 9.69 Å². The second kappa shape index (κ2) is 8.42. The Bertz CT molecular complexity index is 455. The van der Waals surface area contributed by atoms with Crippen molar-refractivity contribution >= 4 is 5.78 Å². The van der Waals surface area contributed by atoms with Crippen molar-refractivity contribution in [3.8, 4) is 0 Å². The number of likely N-dealkylation sites (tertiary alicyclic amines) is 1. The van der Waals surface area contributed by atoms with E-state index in [1.54, 1.807) is 6.92 Å². The van der Waals surface area contributed by atoms with Gasteiger partial charge in [-0.05, 0) is 50.8 Å². The third-order valence-electron chi connectivity index (χ3n) is 4.65. The predicted octanol–water partition coefficient (Wildman–Crippen LogP) is 2.13. The van der Waals surface area contributed by atoms with E-state index in [1.165, 1.54) is 5.56 Å². The van der Waals surface area contributed by atoms with Gasteiger partial charge in [0, 0.05) is 19.1 Å². The number of nitrogens with zero attached hydrogens (tertiary/aromatic N) is 1. The summed E-state index contributed by atoms with van der Waals surface area (Å²) in [5, 5.41) is 9.09. The maximum Gasteiger partial charge on any atom is 0.131 e. The molecule has 0 aliphatic carbocycles. The number of carbonyl (C=O) groups is 1. The lowest BCUT2D eigenvalue weighted by atomic mass is 9.89. The lowest BCUT2D eigenvalue weighted by Gasteiger charge is -2.40. The standard InChI is InChI=1S/C18H28N2O2/c1-14(22)13-17(19)18(16-5-3-2-4-6-16)20-10-7-15(8-11-20)9-12-21/h2-6,15,17-18,21H,7-13,19H2,1H3/t17-,18?/m0/s1. The van der Waals surface area contributed by atoms with Gasteiger partial charge < -0.3 is 10.8 Å². The number of aliphatic hydroxyl groups excluding tert-OH is 1. The third kappa shape index (κ3) is 4.63. The van der Waals surface area contributed by atoms with Crippen molar-refractivity contribution in [3.05, 3.63) is 35.9 Å². The molecule has 0 saturated carbocycles. The Labute approximate surface area is 133 Å². The molecule has 1 aromatic rings. The highest BCUT2D eigenvalue weighted by Crippen LogP contribution is 2.30. The number of hydrogen-bond donors (Lipinski definition) is 2. The first-order chi connectivity index (χ1) is 10.6. The van der Waals surface area contributed by atoms with Crippen molar-refractivity contribution in [1.82, 2.24) is 4.90 Å². The third-order valence-corrected chi connectivity index (χ3v) is 4.65. The second-order valence-corrected chi connectivity index (χ2v) is 6.42. The van der Waals surface area contributed by atoms with Crippen LogP contribution in [0.25, 0.3) is 0 Å². The van der Waals surface area contributed by atoms with Gasteiger partial charge in [0.25, 0.3) is 0 Å². The van der Waals surface area contributed by atoms with Crippen LogP contribution in [0.5, 0.6) is 0 Å². The van der Waals surface area contributed by atoms with Crippen molar-refractivity contribution in [2.45, 2.75) is 44.7 Å². The SMILES string of the molecule is CC(=O)C[C@H](N)C(c1ccccc1)N1CCC(CCO)CC1. The first-order valence-corrected chi connectivity index (χ1v) is 8.26. The minimum Gasteiger partial charge on any atom is -0.396 e. The number of rotatable bonds is 7. The van der Waals surface area contributed by atoms with Crippen LogP contribution in [-0.4, -0.2) is 41.5 Å². The zero-order chi connectivity index (χ0) is 15.9. The Morgan fingerprint density at radius 3 is 2.50 bits per heavy atom. The number of ketones is 1. The van der Waals surface area contributed by atoms with Crippen LogP contribution in [0.15, 0.2) is 30.3 Å². The summed E-state index contributed by atoms with van der Waals surface area (Å²) in [6.45, 7) is 3.84. The summed E-state index contributed by atoms with van der Waals surface area (Å²) in [6.07, 6.45) is 3.49. The molecule has 0 bridgehead atoms. The van der Waals surface area contributed by atoms with Crippen LogP contribution >= 0.6 is 0 Å². The van der Waals surface area contributed by atoms with Crippen LogP contribution in [-0.2, 0) is 4.79 Å². The van der Waals surface area contributed by atoms with Crippen molar-refractivity contribution < 1.29 is 9.90 Å². The number of benzene rings is 1. The van der Waals surface area contributed by atoms with Crippen LogP contribution < -0.4 is 5.73 Å². The smallest absolute Gasteiger partial charge is 0.131 e. The van der Waals surface area contributed by atoms with E-state index in [9.17, 15) is 4.79 Å². The molecule has 4 heteroatoms. The molecule has 1 heterocycles. The Kier molecular flexibility index (Phi) is 6.55. The highest BCUT2D eigenvalue weighted by Gasteiger charge is 2.30. The normalized spacial score (nSPS) is 19.8. The Balaban J connectivity index is 2.10. The largest absolute Gasteiger partial charge is 0.396 e. The summed E-state index contributed by atoms with van der Waals surface area (Å²) >= 11 is 0. The number of Topliss-reactive ketones (excluding diaryl/α,β-unsaturated/α-hetero) is 1. The van der Waals surface area contributed by atoms with Crippen LogP contribution in [0.2, 0.25) is 0 Å². The highest BCUT2D eigenvalue weighted by molar-refractivity contribution is 5.76. The molecule has 2 rings (SSSR count). The summed E-state index contributed by atoms with van der Waals surface area (Å²) in [4.78, 5) is 13.9. The quantitative estimate of drug-likeness (QED) is 0.810. The van der Waals surface area contributed by atoms with Gasteiger partial charge in [-0.1, -0.05) is 30.3 Å². The molecule has 1 saturated heterocycles. The van der Waals surface area contributed by atoms with Gasteiger partial charge in [-0.15, -0.1) is 0 Å². The number of carbonyl (C=O) groups excluding carboxylic acids is 1. The van der Waals surface area contributed by atoms with Gasteiger partial charge in [0.05, 0.1) is 6.04 Å². The van der Waals surface area contributed by atoms with Gasteiger partial charge in [-0.25, -0.2) is 0 Å². The molecule has 0 amide bonds. The van der Waals surface area contributed by atoms with Crippen molar-refractivity contribution in [3.63, 3.8) is 0 Å². The van der Waals surface area contributed by atoms with Gasteiger partial charge in [0.1, 0.15) is 5.78 Å². The fourth-order valence-corrected chi connectivity index (χ4v) is 3.52. The zero-order valence-electron chi connectivity index (χ0n) is 13.4. The first kappa shape index (κ1) is 17.1. The zero-order valence-corrected chi connectivity index (χ0v) is 13.4. The fourth-order valence-electron chi connectivity index (χ4n) is 3.52. The summed E-state index contributed by atoms with van der Waals surface area (Å²) in [7, 11) is 0. The van der Waals surface area contributed by atoms with Crippen molar-refractivity contribution in [1.29, 1.82) is 0 Å². The van der Waals surface area contributed by atoms with E-state index in [0.29, 0.717) is 12.3 Å². The van der Waals surface area contributed by atoms with Crippen LogP contribution in [0, 0.1) is 5.92 Å². The molecule has 3 N–H and O–H groups in total. The van der Waals surface area contributed by atoms with Gasteiger partial charge in [-0.2, -0.15) is 0 Å². The monoisotopic (exact) mass is 304 g/mol. The fraction of sp³-hybridized carbons (Fsp3) is 0.611. The first-order valence-electron chi connectivity index (χ1n) is 8.26. The molecule has 2 atom stereocenters. The number of hydrogen-bond acceptors (Lipinski definition) is 4. The molecular formula is C18H28N2O2. The van der Waals surface area contributed by atoms with Gasteiger partial charge in [0.15, 0.2) is 0 Å². The molecule has 1 unspecified atom stereocenters. The Hall–Kier alpha value is -1.23. The van der Waals surface area contributed by atoms with E-state index in [4.69, 9.17) is 10.8 Å². The van der Waals surface area contributed by atoms with E-state index in [0.717, 1.165) is 32.4 Å². The summed E-state index contributed by atoms with van der Waals surface area (Å²) in [6, 6.07) is 10.2. The highest BCUT2D eigenvalue weighted by atomic mass is 16.3. The second-order valence-electron chi connectivity index (χ2n) is 6.42. The van der Waals surface area contributed by atoms with E-state index >= 15 is 0 Å². The van der Waals surface area contributed by atoms with Gasteiger partial charge in [0.2, 0.25) is 0 Å². The molecule has 22 heavy (non-hydrogen) atoms. The summed E-state index contributed by atoms with van der Waals surface area (Å²) in [5.74, 6) is 0.755. The number of aliphatic hydroxyl groups is 1. The molecule has 0 aromatic heterocycles. The maximum atomic E-state index is 11.5. The molecule has 1 aliphatic heterocycles. The van der Waals surface area contributed by atoms with E-state index in [-0.39, 0.29) is 24.5 Å². The molecule has 1 fully saturated rings. The summed E-state index contributed by atoms with van der Waals surface area (Å²) in [5.41, 5.74) is 7.56. The lowest BCUT2D eigenvalue weighted by molar-refractivity contribution is -0.117. The van der Waals surface area contributed by atoms with Crippen LogP contribution in [0.4, 0.5) is 0 Å². The average Bonchev–Trinajstić information content (AvgIpc) is 2.50. The van der Waals surface area contributed by atoms with E-state index in [2.05, 4.69) is 17.0 Å². The topological polar surface area (TPSA) is 66.6 Å².